The number of halogens is 1. The van der Waals surface area contributed by atoms with Crippen molar-refractivity contribution in [3.63, 3.8) is 0 Å². The smallest absolute Gasteiger partial charge is 0.454 e. The second-order valence-corrected chi connectivity index (χ2v) is 7.29. The van der Waals surface area contributed by atoms with Gasteiger partial charge in [0, 0.05) is 17.0 Å². The quantitative estimate of drug-likeness (QED) is 0.634. The van der Waals surface area contributed by atoms with Gasteiger partial charge in [0.1, 0.15) is 10.6 Å². The van der Waals surface area contributed by atoms with Gasteiger partial charge in [0.15, 0.2) is 5.58 Å². The fourth-order valence-electron chi connectivity index (χ4n) is 2.85. The highest BCUT2D eigenvalue weighted by Gasteiger charge is 2.53. The molecule has 1 saturated heterocycles. The first-order valence-corrected chi connectivity index (χ1v) is 7.99. The summed E-state index contributed by atoms with van der Waals surface area (Å²) in [5.41, 5.74) is 1.24. The minimum atomic E-state index is -0.555. The molecule has 1 aliphatic heterocycles. The molecule has 0 radical (unpaired) electrons. The fourth-order valence-corrected chi connectivity index (χ4v) is 3.03. The Morgan fingerprint density at radius 3 is 2.39 bits per heavy atom. The van der Waals surface area contributed by atoms with Gasteiger partial charge in [0.2, 0.25) is 0 Å². The van der Waals surface area contributed by atoms with Crippen LogP contribution in [0, 0.1) is 0 Å². The Kier molecular flexibility index (Phi) is 3.08. The zero-order valence-corrected chi connectivity index (χ0v) is 14.3. The van der Waals surface area contributed by atoms with E-state index in [0.29, 0.717) is 16.2 Å². The molecule has 0 unspecified atom stereocenters. The maximum absolute atomic E-state index is 6.28. The van der Waals surface area contributed by atoms with Crippen molar-refractivity contribution in [3.05, 3.63) is 35.5 Å². The van der Waals surface area contributed by atoms with Crippen LogP contribution in [0.25, 0.3) is 21.9 Å². The molecule has 0 N–H and O–H groups in total. The lowest BCUT2D eigenvalue weighted by molar-refractivity contribution is 0.00578. The molecule has 6 heteroatoms. The summed E-state index contributed by atoms with van der Waals surface area (Å²) in [6, 6.07) is 7.81. The van der Waals surface area contributed by atoms with Crippen LogP contribution in [0.5, 0.6) is 0 Å². The van der Waals surface area contributed by atoms with Gasteiger partial charge in [-0.1, -0.05) is 29.8 Å². The average molecular weight is 330 g/mol. The van der Waals surface area contributed by atoms with E-state index in [-0.39, 0.29) is 0 Å². The van der Waals surface area contributed by atoms with E-state index in [1.807, 2.05) is 52.0 Å². The molecule has 0 atom stereocenters. The monoisotopic (exact) mass is 329 g/mol. The Labute approximate surface area is 139 Å². The first kappa shape index (κ1) is 15.0. The highest BCUT2D eigenvalue weighted by Crippen LogP contribution is 2.38. The topological polar surface area (TPSA) is 44.5 Å². The zero-order valence-electron chi connectivity index (χ0n) is 13.5. The molecule has 3 heterocycles. The number of benzene rings is 1. The number of nitrogens with zero attached hydrogens (tertiary/aromatic N) is 1. The number of para-hydroxylation sites is 1. The molecule has 0 aliphatic carbocycles. The number of aromatic nitrogens is 1. The van der Waals surface area contributed by atoms with Crippen molar-refractivity contribution < 1.29 is 13.7 Å². The van der Waals surface area contributed by atoms with Gasteiger partial charge in [-0.15, -0.1) is 0 Å². The largest absolute Gasteiger partial charge is 0.515 e. The molecule has 4 nitrogen and oxygen atoms in total. The van der Waals surface area contributed by atoms with E-state index < -0.39 is 18.3 Å². The van der Waals surface area contributed by atoms with E-state index in [2.05, 4.69) is 4.98 Å². The van der Waals surface area contributed by atoms with Crippen LogP contribution < -0.4 is 5.59 Å². The molecule has 0 amide bonds. The van der Waals surface area contributed by atoms with Crippen molar-refractivity contribution in [2.75, 3.05) is 0 Å². The van der Waals surface area contributed by atoms with Gasteiger partial charge in [-0.3, -0.25) is 4.98 Å². The minimum absolute atomic E-state index is 0.426. The first-order valence-electron chi connectivity index (χ1n) is 7.61. The van der Waals surface area contributed by atoms with Crippen LogP contribution in [-0.2, 0) is 9.31 Å². The van der Waals surface area contributed by atoms with Crippen LogP contribution in [0.3, 0.4) is 0 Å². The second kappa shape index (κ2) is 4.73. The summed E-state index contributed by atoms with van der Waals surface area (Å²) in [7, 11) is -0.555. The molecule has 2 aromatic heterocycles. The number of fused-ring (bicyclic) bond motifs is 3. The van der Waals surface area contributed by atoms with Crippen LogP contribution in [0.2, 0.25) is 5.02 Å². The number of furan rings is 1. The SMILES string of the molecule is CC1(C)OB(c2ncc(Cl)c3oc4ccccc4c23)OC1(C)C. The van der Waals surface area contributed by atoms with E-state index in [4.69, 9.17) is 25.3 Å². The molecule has 4 rings (SSSR count). The summed E-state index contributed by atoms with van der Waals surface area (Å²) in [6.45, 7) is 8.09. The normalized spacial score (nSPS) is 19.8. The van der Waals surface area contributed by atoms with Crippen molar-refractivity contribution in [1.82, 2.24) is 4.98 Å². The molecule has 0 bridgehead atoms. The summed E-state index contributed by atoms with van der Waals surface area (Å²) in [5, 5.41) is 2.30. The van der Waals surface area contributed by atoms with E-state index in [9.17, 15) is 0 Å². The fraction of sp³-hybridized carbons (Fsp3) is 0.353. The molecule has 0 saturated carbocycles. The molecule has 1 aromatic carbocycles. The van der Waals surface area contributed by atoms with Crippen molar-refractivity contribution >= 4 is 46.3 Å². The number of hydrogen-bond acceptors (Lipinski definition) is 4. The van der Waals surface area contributed by atoms with Gasteiger partial charge in [0.25, 0.3) is 0 Å². The highest BCUT2D eigenvalue weighted by molar-refractivity contribution is 6.65. The van der Waals surface area contributed by atoms with Gasteiger partial charge in [-0.25, -0.2) is 0 Å². The number of rotatable bonds is 1. The van der Waals surface area contributed by atoms with Gasteiger partial charge in [-0.2, -0.15) is 0 Å². The number of hydrogen-bond donors (Lipinski definition) is 0. The second-order valence-electron chi connectivity index (χ2n) is 6.88. The van der Waals surface area contributed by atoms with Crippen molar-refractivity contribution in [2.24, 2.45) is 0 Å². The summed E-state index contributed by atoms with van der Waals surface area (Å²) in [5.74, 6) is 0. The van der Waals surface area contributed by atoms with Gasteiger partial charge < -0.3 is 13.7 Å². The third kappa shape index (κ3) is 2.11. The molecule has 3 aromatic rings. The van der Waals surface area contributed by atoms with Crippen LogP contribution in [-0.4, -0.2) is 23.3 Å². The molecule has 1 aliphatic rings. The van der Waals surface area contributed by atoms with Gasteiger partial charge in [-0.05, 0) is 33.8 Å². The third-order valence-corrected chi connectivity index (χ3v) is 5.13. The third-order valence-electron chi connectivity index (χ3n) is 4.86. The maximum atomic E-state index is 6.28. The van der Waals surface area contributed by atoms with Crippen LogP contribution in [0.4, 0.5) is 0 Å². The lowest BCUT2D eigenvalue weighted by Crippen LogP contribution is -2.41. The Balaban J connectivity index is 1.97. The minimum Gasteiger partial charge on any atom is -0.454 e. The maximum Gasteiger partial charge on any atom is 0.515 e. The van der Waals surface area contributed by atoms with Crippen LogP contribution in [0.15, 0.2) is 34.9 Å². The van der Waals surface area contributed by atoms with Crippen molar-refractivity contribution in [2.45, 2.75) is 38.9 Å². The predicted octanol–water partition coefficient (Wildman–Crippen LogP) is 3.93. The van der Waals surface area contributed by atoms with E-state index in [1.54, 1.807) is 6.20 Å². The molecule has 23 heavy (non-hydrogen) atoms. The Morgan fingerprint density at radius 1 is 1.04 bits per heavy atom. The van der Waals surface area contributed by atoms with E-state index in [1.165, 1.54) is 0 Å². The Hall–Kier alpha value is -1.56. The van der Waals surface area contributed by atoms with Crippen molar-refractivity contribution in [3.8, 4) is 0 Å². The Bertz CT molecular complexity index is 903. The first-order chi connectivity index (χ1) is 10.8. The summed E-state index contributed by atoms with van der Waals surface area (Å²) >= 11 is 6.28. The van der Waals surface area contributed by atoms with Crippen molar-refractivity contribution in [1.29, 1.82) is 0 Å². The molecular weight excluding hydrogens is 312 g/mol. The molecular formula is C17H17BClNO3. The lowest BCUT2D eigenvalue weighted by Gasteiger charge is -2.32. The standard InChI is InChI=1S/C17H17BClNO3/c1-16(2)17(3,4)23-18(22-16)15-13-10-7-5-6-8-12(10)21-14(13)11(19)9-20-15/h5-9H,1-4H3. The van der Waals surface area contributed by atoms with Crippen LogP contribution in [0.1, 0.15) is 27.7 Å². The van der Waals surface area contributed by atoms with Gasteiger partial charge >= 0.3 is 7.12 Å². The summed E-state index contributed by atoms with van der Waals surface area (Å²) < 4.78 is 18.2. The Morgan fingerprint density at radius 2 is 1.70 bits per heavy atom. The molecule has 0 spiro atoms. The lowest BCUT2D eigenvalue weighted by atomic mass is 9.81. The highest BCUT2D eigenvalue weighted by atomic mass is 35.5. The average Bonchev–Trinajstić information content (AvgIpc) is 2.96. The molecule has 118 valence electrons. The zero-order chi connectivity index (χ0) is 16.4. The van der Waals surface area contributed by atoms with Crippen LogP contribution >= 0.6 is 11.6 Å². The van der Waals surface area contributed by atoms with E-state index >= 15 is 0 Å². The molecule has 1 fully saturated rings. The number of pyridine rings is 1. The van der Waals surface area contributed by atoms with E-state index in [0.717, 1.165) is 16.4 Å². The summed E-state index contributed by atoms with van der Waals surface area (Å²) in [6.07, 6.45) is 1.59. The summed E-state index contributed by atoms with van der Waals surface area (Å²) in [4.78, 5) is 4.50. The van der Waals surface area contributed by atoms with Gasteiger partial charge in [0.05, 0.1) is 16.8 Å². The predicted molar refractivity (Wildman–Crippen MR) is 92.2 cm³/mol.